The molecule has 0 heterocycles. The van der Waals surface area contributed by atoms with Gasteiger partial charge in [0.05, 0.1) is 21.3 Å². The first kappa shape index (κ1) is 18.5. The van der Waals surface area contributed by atoms with Gasteiger partial charge in [-0.2, -0.15) is 22.0 Å². The Morgan fingerprint density at radius 1 is 1.23 bits per heavy atom. The molecular formula is C13H13F5O3S. The molecule has 0 aliphatic heterocycles. The number of carboxylic acids is 1. The zero-order chi connectivity index (χ0) is 17.3. The second-order valence-corrected chi connectivity index (χ2v) is 6.05. The van der Waals surface area contributed by atoms with E-state index in [0.717, 1.165) is 6.92 Å². The van der Waals surface area contributed by atoms with Gasteiger partial charge >= 0.3 is 18.1 Å². The van der Waals surface area contributed by atoms with Crippen molar-refractivity contribution in [2.75, 3.05) is 5.75 Å². The van der Waals surface area contributed by atoms with Crippen LogP contribution < -0.4 is 0 Å². The minimum absolute atomic E-state index is 0.148. The zero-order valence-corrected chi connectivity index (χ0v) is 12.4. The fourth-order valence-corrected chi connectivity index (χ4v) is 3.37. The van der Waals surface area contributed by atoms with Crippen LogP contribution in [0.1, 0.15) is 34.8 Å². The molecule has 0 aliphatic carbocycles. The van der Waals surface area contributed by atoms with Gasteiger partial charge in [-0.1, -0.05) is 13.0 Å². The van der Waals surface area contributed by atoms with E-state index in [-0.39, 0.29) is 17.7 Å². The molecule has 9 heteroatoms. The molecule has 0 aromatic heterocycles. The molecule has 0 saturated heterocycles. The summed E-state index contributed by atoms with van der Waals surface area (Å²) in [5.41, 5.74) is -2.27. The average Bonchev–Trinajstić information content (AvgIpc) is 2.36. The Kier molecular flexibility index (Phi) is 5.32. The summed E-state index contributed by atoms with van der Waals surface area (Å²) in [4.78, 5) is 10.2. The van der Waals surface area contributed by atoms with E-state index in [1.165, 1.54) is 0 Å². The van der Waals surface area contributed by atoms with Crippen LogP contribution in [0.25, 0.3) is 0 Å². The Balaban J connectivity index is 3.69. The Morgan fingerprint density at radius 2 is 1.77 bits per heavy atom. The first-order chi connectivity index (χ1) is 9.95. The van der Waals surface area contributed by atoms with Crippen LogP contribution in [0.5, 0.6) is 0 Å². The smallest absolute Gasteiger partial charge is 0.458 e. The molecule has 1 atom stereocenters. The lowest BCUT2D eigenvalue weighted by atomic mass is 10.0. The molecule has 1 rings (SSSR count). The fourth-order valence-electron chi connectivity index (χ4n) is 1.90. The van der Waals surface area contributed by atoms with E-state index >= 15 is 0 Å². The number of hydrogen-bond donors (Lipinski definition) is 1. The molecule has 0 fully saturated rings. The van der Waals surface area contributed by atoms with Crippen LogP contribution in [0.2, 0.25) is 0 Å². The van der Waals surface area contributed by atoms with E-state index in [0.29, 0.717) is 12.1 Å². The number of carbonyl (C=O) groups is 1. The Bertz CT molecular complexity index is 610. The fraction of sp³-hybridized carbons (Fsp3) is 0.462. The van der Waals surface area contributed by atoms with Crippen molar-refractivity contribution in [3.05, 3.63) is 28.8 Å². The highest BCUT2D eigenvalue weighted by Gasteiger charge is 2.60. The number of hydrogen-bond acceptors (Lipinski definition) is 2. The Morgan fingerprint density at radius 3 is 2.18 bits per heavy atom. The van der Waals surface area contributed by atoms with Crippen LogP contribution >= 0.6 is 0 Å². The van der Waals surface area contributed by atoms with E-state index in [1.54, 1.807) is 6.92 Å². The normalized spacial score (nSPS) is 14.0. The number of alkyl halides is 5. The second kappa shape index (κ2) is 6.31. The van der Waals surface area contributed by atoms with Crippen LogP contribution in [-0.2, 0) is 16.7 Å². The number of aromatic carboxylic acids is 1. The van der Waals surface area contributed by atoms with Crippen molar-refractivity contribution in [2.24, 2.45) is 0 Å². The highest BCUT2D eigenvalue weighted by molar-refractivity contribution is 7.85. The third-order valence-corrected chi connectivity index (χ3v) is 4.71. The lowest BCUT2D eigenvalue weighted by molar-refractivity contribution is -0.290. The third kappa shape index (κ3) is 3.29. The lowest BCUT2D eigenvalue weighted by Gasteiger charge is -2.24. The first-order valence-corrected chi connectivity index (χ1v) is 7.47. The summed E-state index contributed by atoms with van der Waals surface area (Å²) in [6, 6.07) is 1.05. The minimum Gasteiger partial charge on any atom is -0.478 e. The van der Waals surface area contributed by atoms with Crippen molar-refractivity contribution in [3.63, 3.8) is 0 Å². The number of rotatable bonds is 5. The van der Waals surface area contributed by atoms with Gasteiger partial charge in [-0.3, -0.25) is 4.21 Å². The van der Waals surface area contributed by atoms with Crippen molar-refractivity contribution >= 4 is 16.8 Å². The van der Waals surface area contributed by atoms with E-state index in [1.807, 2.05) is 0 Å². The second-order valence-electron chi connectivity index (χ2n) is 4.54. The summed E-state index contributed by atoms with van der Waals surface area (Å²) < 4.78 is 77.0. The molecule has 0 unspecified atom stereocenters. The van der Waals surface area contributed by atoms with Crippen LogP contribution in [-0.4, -0.2) is 27.2 Å². The van der Waals surface area contributed by atoms with Gasteiger partial charge in [-0.15, -0.1) is 0 Å². The van der Waals surface area contributed by atoms with Gasteiger partial charge < -0.3 is 5.11 Å². The summed E-state index contributed by atoms with van der Waals surface area (Å²) in [6.07, 6.45) is -5.59. The van der Waals surface area contributed by atoms with Gasteiger partial charge in [-0.25, -0.2) is 4.79 Å². The van der Waals surface area contributed by atoms with Gasteiger partial charge in [-0.05, 0) is 25.0 Å². The van der Waals surface area contributed by atoms with Gasteiger partial charge in [0, 0.05) is 11.3 Å². The maximum absolute atomic E-state index is 13.6. The van der Waals surface area contributed by atoms with E-state index < -0.39 is 44.9 Å². The molecular weight excluding hydrogens is 331 g/mol. The molecule has 3 nitrogen and oxygen atoms in total. The monoisotopic (exact) mass is 344 g/mol. The maximum Gasteiger partial charge on any atom is 0.458 e. The molecule has 1 aromatic rings. The molecule has 0 saturated carbocycles. The molecule has 0 spiro atoms. The number of carboxylic acid groups (broad SMARTS) is 1. The highest BCUT2D eigenvalue weighted by atomic mass is 32.2. The highest BCUT2D eigenvalue weighted by Crippen LogP contribution is 2.46. The van der Waals surface area contributed by atoms with E-state index in [4.69, 9.17) is 5.11 Å². The SMILES string of the molecule is CCC[S@@](=O)c1c(C(F)(F)C(F)(F)F)ccc(C(=O)O)c1C. The lowest BCUT2D eigenvalue weighted by Crippen LogP contribution is -2.35. The number of halogens is 5. The zero-order valence-electron chi connectivity index (χ0n) is 11.6. The third-order valence-electron chi connectivity index (χ3n) is 2.95. The molecule has 0 amide bonds. The summed E-state index contributed by atoms with van der Waals surface area (Å²) in [7, 11) is -2.16. The Labute approximate surface area is 125 Å². The van der Waals surface area contributed by atoms with Crippen molar-refractivity contribution in [1.82, 2.24) is 0 Å². The van der Waals surface area contributed by atoms with Gasteiger partial charge in [0.15, 0.2) is 0 Å². The van der Waals surface area contributed by atoms with Gasteiger partial charge in [0.1, 0.15) is 0 Å². The predicted octanol–water partition coefficient (Wildman–Crippen LogP) is 3.86. The minimum atomic E-state index is -5.87. The summed E-state index contributed by atoms with van der Waals surface area (Å²) >= 11 is 0. The molecule has 0 radical (unpaired) electrons. The predicted molar refractivity (Wildman–Crippen MR) is 69.7 cm³/mol. The summed E-state index contributed by atoms with van der Waals surface area (Å²) in [5, 5.41) is 8.95. The summed E-state index contributed by atoms with van der Waals surface area (Å²) in [6.45, 7) is 2.65. The Hall–Kier alpha value is -1.51. The van der Waals surface area contributed by atoms with Crippen LogP contribution in [0.4, 0.5) is 22.0 Å². The van der Waals surface area contributed by atoms with Crippen molar-refractivity contribution in [3.8, 4) is 0 Å². The van der Waals surface area contributed by atoms with Crippen LogP contribution in [0.15, 0.2) is 17.0 Å². The van der Waals surface area contributed by atoms with Crippen molar-refractivity contribution in [2.45, 2.75) is 37.3 Å². The molecule has 0 bridgehead atoms. The molecule has 1 aromatic carbocycles. The van der Waals surface area contributed by atoms with E-state index in [2.05, 4.69) is 0 Å². The summed E-state index contributed by atoms with van der Waals surface area (Å²) in [5.74, 6) is -6.85. The first-order valence-electron chi connectivity index (χ1n) is 6.15. The number of benzene rings is 1. The maximum atomic E-state index is 13.6. The standard InChI is InChI=1S/C13H13F5O3S/c1-3-6-22(21)10-7(2)8(11(19)20)4-5-9(10)12(14,15)13(16,17)18/h4-5H,3,6H2,1-2H3,(H,19,20)/t22-/m1/s1. The van der Waals surface area contributed by atoms with Gasteiger partial charge in [0.2, 0.25) is 0 Å². The molecule has 22 heavy (non-hydrogen) atoms. The van der Waals surface area contributed by atoms with Gasteiger partial charge in [0.25, 0.3) is 0 Å². The largest absolute Gasteiger partial charge is 0.478 e. The van der Waals surface area contributed by atoms with Crippen LogP contribution in [0.3, 0.4) is 0 Å². The van der Waals surface area contributed by atoms with Crippen molar-refractivity contribution < 1.29 is 36.1 Å². The van der Waals surface area contributed by atoms with Crippen molar-refractivity contribution in [1.29, 1.82) is 0 Å². The molecule has 0 aliphatic rings. The van der Waals surface area contributed by atoms with E-state index in [9.17, 15) is 31.0 Å². The average molecular weight is 344 g/mol. The molecule has 124 valence electrons. The van der Waals surface area contributed by atoms with Crippen LogP contribution in [0, 0.1) is 6.92 Å². The topological polar surface area (TPSA) is 54.4 Å². The molecule has 1 N–H and O–H groups in total. The quantitative estimate of drug-likeness (QED) is 0.825.